The van der Waals surface area contributed by atoms with Gasteiger partial charge in [0, 0.05) is 16.6 Å². The van der Waals surface area contributed by atoms with Crippen LogP contribution >= 0.6 is 11.6 Å². The van der Waals surface area contributed by atoms with Gasteiger partial charge < -0.3 is 5.11 Å². The molecule has 3 rings (SSSR count). The highest BCUT2D eigenvalue weighted by atomic mass is 35.5. The van der Waals surface area contributed by atoms with Crippen LogP contribution < -0.4 is 0 Å². The zero-order valence-electron chi connectivity index (χ0n) is 14.2. The highest BCUT2D eigenvalue weighted by Gasteiger charge is 2.28. The van der Waals surface area contributed by atoms with E-state index in [2.05, 4.69) is 42.2 Å². The summed E-state index contributed by atoms with van der Waals surface area (Å²) in [5, 5.41) is 11.3. The average Bonchev–Trinajstić information content (AvgIpc) is 2.62. The molecule has 24 heavy (non-hydrogen) atoms. The van der Waals surface area contributed by atoms with Crippen LogP contribution in [-0.2, 0) is 6.42 Å². The minimum atomic E-state index is -0.538. The van der Waals surface area contributed by atoms with Crippen LogP contribution in [0.3, 0.4) is 0 Å². The topological polar surface area (TPSA) is 23.5 Å². The summed E-state index contributed by atoms with van der Waals surface area (Å²) in [5.74, 6) is 0.744. The number of rotatable bonds is 5. The van der Waals surface area contributed by atoms with Crippen LogP contribution in [0, 0.1) is 5.92 Å². The van der Waals surface area contributed by atoms with E-state index in [9.17, 15) is 5.11 Å². The van der Waals surface area contributed by atoms with E-state index in [0.717, 1.165) is 31.0 Å². The highest BCUT2D eigenvalue weighted by Crippen LogP contribution is 2.30. The third kappa shape index (κ3) is 4.18. The summed E-state index contributed by atoms with van der Waals surface area (Å²) in [6, 6.07) is 18.4. The lowest BCUT2D eigenvalue weighted by Gasteiger charge is -2.38. The largest absolute Gasteiger partial charge is 0.387 e. The summed E-state index contributed by atoms with van der Waals surface area (Å²) < 4.78 is 0. The molecule has 1 aliphatic heterocycles. The molecule has 1 aliphatic rings. The van der Waals surface area contributed by atoms with Crippen molar-refractivity contribution in [1.82, 2.24) is 4.90 Å². The summed E-state index contributed by atoms with van der Waals surface area (Å²) in [4.78, 5) is 2.40. The predicted octanol–water partition coefficient (Wildman–Crippen LogP) is 4.72. The lowest BCUT2D eigenvalue weighted by atomic mass is 9.89. The van der Waals surface area contributed by atoms with Gasteiger partial charge in [-0.3, -0.25) is 4.90 Å². The second-order valence-electron chi connectivity index (χ2n) is 6.88. The molecule has 0 aromatic heterocycles. The Morgan fingerprint density at radius 2 is 1.67 bits per heavy atom. The lowest BCUT2D eigenvalue weighted by Crippen LogP contribution is -2.43. The number of aliphatic hydroxyl groups is 1. The molecule has 2 atom stereocenters. The first-order valence-corrected chi connectivity index (χ1v) is 9.23. The first-order valence-electron chi connectivity index (χ1n) is 8.85. The van der Waals surface area contributed by atoms with E-state index in [1.54, 1.807) is 0 Å². The summed E-state index contributed by atoms with van der Waals surface area (Å²) in [7, 11) is 0. The lowest BCUT2D eigenvalue weighted by molar-refractivity contribution is 0.0374. The van der Waals surface area contributed by atoms with Crippen LogP contribution in [0.4, 0.5) is 0 Å². The summed E-state index contributed by atoms with van der Waals surface area (Å²) in [6.07, 6.45) is 3.00. The van der Waals surface area contributed by atoms with Crippen LogP contribution in [0.2, 0.25) is 5.02 Å². The molecular formula is C21H26ClNO. The molecule has 2 aromatic rings. The van der Waals surface area contributed by atoms with Crippen molar-refractivity contribution < 1.29 is 5.11 Å². The maximum Gasteiger partial charge on any atom is 0.0956 e. The van der Waals surface area contributed by atoms with Crippen molar-refractivity contribution in [3.63, 3.8) is 0 Å². The van der Waals surface area contributed by atoms with E-state index < -0.39 is 6.10 Å². The fraction of sp³-hybridized carbons (Fsp3) is 0.429. The second-order valence-corrected chi connectivity index (χ2v) is 7.28. The predicted molar refractivity (Wildman–Crippen MR) is 100 cm³/mol. The SMILES string of the molecule is CC(C(O)c1ccccc1Cl)N1CCC(Cc2ccccc2)CC1. The van der Waals surface area contributed by atoms with Crippen molar-refractivity contribution in [2.75, 3.05) is 13.1 Å². The molecule has 2 unspecified atom stereocenters. The molecule has 0 radical (unpaired) electrons. The van der Waals surface area contributed by atoms with Crippen molar-refractivity contribution in [2.45, 2.75) is 38.3 Å². The van der Waals surface area contributed by atoms with Gasteiger partial charge >= 0.3 is 0 Å². The molecular weight excluding hydrogens is 318 g/mol. The summed E-state index contributed by atoms with van der Waals surface area (Å²) in [6.45, 7) is 4.19. The fourth-order valence-electron chi connectivity index (χ4n) is 3.69. The van der Waals surface area contributed by atoms with Gasteiger partial charge in [0.1, 0.15) is 0 Å². The molecule has 0 saturated carbocycles. The quantitative estimate of drug-likeness (QED) is 0.849. The molecule has 2 nitrogen and oxygen atoms in total. The minimum Gasteiger partial charge on any atom is -0.387 e. The number of likely N-dealkylation sites (tertiary alicyclic amines) is 1. The van der Waals surface area contributed by atoms with Gasteiger partial charge in [-0.2, -0.15) is 0 Å². The van der Waals surface area contributed by atoms with E-state index in [1.165, 1.54) is 18.4 Å². The molecule has 0 spiro atoms. The molecule has 0 amide bonds. The van der Waals surface area contributed by atoms with Gasteiger partial charge in [-0.15, -0.1) is 0 Å². The number of aliphatic hydroxyl groups excluding tert-OH is 1. The number of benzene rings is 2. The molecule has 0 bridgehead atoms. The third-order valence-electron chi connectivity index (χ3n) is 5.27. The first kappa shape index (κ1) is 17.5. The summed E-state index contributed by atoms with van der Waals surface area (Å²) in [5.41, 5.74) is 2.26. The van der Waals surface area contributed by atoms with Gasteiger partial charge in [0.25, 0.3) is 0 Å². The van der Waals surface area contributed by atoms with E-state index >= 15 is 0 Å². The molecule has 1 saturated heterocycles. The maximum atomic E-state index is 10.7. The van der Waals surface area contributed by atoms with Gasteiger partial charge in [0.05, 0.1) is 6.10 Å². The smallest absolute Gasteiger partial charge is 0.0956 e. The van der Waals surface area contributed by atoms with Crippen molar-refractivity contribution in [1.29, 1.82) is 0 Å². The molecule has 0 aliphatic carbocycles. The second kappa shape index (κ2) is 8.15. The standard InChI is InChI=1S/C21H26ClNO/c1-16(21(24)19-9-5-6-10-20(19)22)23-13-11-18(12-14-23)15-17-7-3-2-4-8-17/h2-10,16,18,21,24H,11-15H2,1H3. The van der Waals surface area contributed by atoms with Gasteiger partial charge in [-0.25, -0.2) is 0 Å². The normalized spacial score (nSPS) is 19.1. The third-order valence-corrected chi connectivity index (χ3v) is 5.62. The number of halogens is 1. The number of nitrogens with zero attached hydrogens (tertiary/aromatic N) is 1. The van der Waals surface area contributed by atoms with Gasteiger partial charge in [-0.05, 0) is 56.8 Å². The van der Waals surface area contributed by atoms with E-state index in [-0.39, 0.29) is 6.04 Å². The number of piperidine rings is 1. The van der Waals surface area contributed by atoms with Crippen LogP contribution in [0.15, 0.2) is 54.6 Å². The van der Waals surface area contributed by atoms with Crippen LogP contribution in [0.25, 0.3) is 0 Å². The monoisotopic (exact) mass is 343 g/mol. The Morgan fingerprint density at radius 3 is 2.33 bits per heavy atom. The molecule has 3 heteroatoms. The Morgan fingerprint density at radius 1 is 1.04 bits per heavy atom. The van der Waals surface area contributed by atoms with E-state index in [4.69, 9.17) is 11.6 Å². The molecule has 2 aromatic carbocycles. The van der Waals surface area contributed by atoms with Crippen molar-refractivity contribution in [3.8, 4) is 0 Å². The number of hydrogen-bond donors (Lipinski definition) is 1. The minimum absolute atomic E-state index is 0.0857. The maximum absolute atomic E-state index is 10.7. The van der Waals surface area contributed by atoms with E-state index in [0.29, 0.717) is 5.02 Å². The Hall–Kier alpha value is -1.35. The van der Waals surface area contributed by atoms with Crippen molar-refractivity contribution in [2.24, 2.45) is 5.92 Å². The Kier molecular flexibility index (Phi) is 5.94. The zero-order valence-corrected chi connectivity index (χ0v) is 15.0. The Labute approximate surface area is 150 Å². The van der Waals surface area contributed by atoms with Crippen LogP contribution in [-0.4, -0.2) is 29.1 Å². The van der Waals surface area contributed by atoms with Crippen molar-refractivity contribution in [3.05, 3.63) is 70.7 Å². The van der Waals surface area contributed by atoms with E-state index in [1.807, 2.05) is 24.3 Å². The first-order chi connectivity index (χ1) is 11.6. The van der Waals surface area contributed by atoms with Gasteiger partial charge in [0.2, 0.25) is 0 Å². The molecule has 128 valence electrons. The fourth-order valence-corrected chi connectivity index (χ4v) is 3.93. The van der Waals surface area contributed by atoms with Gasteiger partial charge in [0.15, 0.2) is 0 Å². The van der Waals surface area contributed by atoms with Gasteiger partial charge in [-0.1, -0.05) is 60.1 Å². The highest BCUT2D eigenvalue weighted by molar-refractivity contribution is 6.31. The molecule has 1 fully saturated rings. The Bertz CT molecular complexity index is 637. The Balaban J connectivity index is 1.55. The van der Waals surface area contributed by atoms with Crippen LogP contribution in [0.5, 0.6) is 0 Å². The molecule has 1 N–H and O–H groups in total. The summed E-state index contributed by atoms with van der Waals surface area (Å²) >= 11 is 6.24. The van der Waals surface area contributed by atoms with Crippen molar-refractivity contribution >= 4 is 11.6 Å². The number of hydrogen-bond acceptors (Lipinski definition) is 2. The average molecular weight is 344 g/mol. The zero-order chi connectivity index (χ0) is 16.9. The van der Waals surface area contributed by atoms with Crippen LogP contribution in [0.1, 0.15) is 37.0 Å². The molecule has 1 heterocycles.